The van der Waals surface area contributed by atoms with Crippen LogP contribution in [0.15, 0.2) is 46.8 Å². The second-order valence-electron chi connectivity index (χ2n) is 11.5. The second-order valence-corrected chi connectivity index (χ2v) is 13.8. The van der Waals surface area contributed by atoms with Gasteiger partial charge in [0.2, 0.25) is 5.91 Å². The fourth-order valence-corrected chi connectivity index (χ4v) is 7.26. The van der Waals surface area contributed by atoms with Gasteiger partial charge in [0.15, 0.2) is 4.34 Å². The van der Waals surface area contributed by atoms with Crippen molar-refractivity contribution in [2.24, 2.45) is 0 Å². The molecule has 0 aliphatic carbocycles. The van der Waals surface area contributed by atoms with Gasteiger partial charge in [-0.3, -0.25) is 4.79 Å². The number of hydrogen-bond acceptors (Lipinski definition) is 4. The van der Waals surface area contributed by atoms with E-state index >= 15 is 0 Å². The highest BCUT2D eigenvalue weighted by Gasteiger charge is 2.15. The summed E-state index contributed by atoms with van der Waals surface area (Å²) < 4.78 is 2.51. The van der Waals surface area contributed by atoms with Gasteiger partial charge in [0, 0.05) is 17.9 Å². The van der Waals surface area contributed by atoms with E-state index in [2.05, 4.69) is 75.5 Å². The van der Waals surface area contributed by atoms with Gasteiger partial charge < -0.3 is 5.32 Å². The molecule has 0 bridgehead atoms. The zero-order chi connectivity index (χ0) is 27.9. The minimum Gasteiger partial charge on any atom is -0.326 e. The van der Waals surface area contributed by atoms with Crippen molar-refractivity contribution in [1.29, 1.82) is 0 Å². The van der Waals surface area contributed by atoms with Crippen molar-refractivity contribution in [2.75, 3.05) is 11.1 Å². The number of nitrogens with zero attached hydrogens (tertiary/aromatic N) is 1. The molecule has 0 aliphatic rings. The van der Waals surface area contributed by atoms with E-state index < -0.39 is 0 Å². The van der Waals surface area contributed by atoms with Gasteiger partial charge in [0.25, 0.3) is 0 Å². The molecule has 1 amide bonds. The normalized spacial score (nSPS) is 11.6. The number of fused-ring (bicyclic) bond motifs is 1. The van der Waals surface area contributed by atoms with Crippen LogP contribution in [-0.4, -0.2) is 16.6 Å². The number of carbonyl (C=O) groups excluding carboxylic acids is 1. The van der Waals surface area contributed by atoms with Gasteiger partial charge in [-0.2, -0.15) is 0 Å². The van der Waals surface area contributed by atoms with Crippen LogP contribution in [0.3, 0.4) is 0 Å². The molecule has 0 spiro atoms. The Morgan fingerprint density at radius 2 is 1.28 bits per heavy atom. The van der Waals surface area contributed by atoms with Crippen molar-refractivity contribution in [3.05, 3.63) is 53.6 Å². The first kappa shape index (κ1) is 31.7. The van der Waals surface area contributed by atoms with Crippen molar-refractivity contribution < 1.29 is 4.79 Å². The number of aromatic nitrogens is 1. The van der Waals surface area contributed by atoms with E-state index in [9.17, 15) is 4.79 Å². The molecule has 1 heterocycles. The van der Waals surface area contributed by atoms with Crippen LogP contribution in [0, 0.1) is 0 Å². The lowest BCUT2D eigenvalue weighted by Gasteiger charge is -2.20. The Labute approximate surface area is 246 Å². The third kappa shape index (κ3) is 11.3. The monoisotopic (exact) mass is 566 g/mol. The third-order valence-corrected chi connectivity index (χ3v) is 9.70. The molecule has 0 fully saturated rings. The Balaban J connectivity index is 1.13. The summed E-state index contributed by atoms with van der Waals surface area (Å²) in [5, 5.41) is 3.26. The lowest BCUT2D eigenvalue weighted by molar-refractivity contribution is -0.116. The van der Waals surface area contributed by atoms with Crippen molar-refractivity contribution >= 4 is 44.9 Å². The van der Waals surface area contributed by atoms with E-state index in [4.69, 9.17) is 4.98 Å². The van der Waals surface area contributed by atoms with Crippen LogP contribution in [0.1, 0.15) is 134 Å². The molecule has 3 aromatic rings. The summed E-state index contributed by atoms with van der Waals surface area (Å²) in [6.45, 7) is 8.79. The molecular formula is C34H50N2OS2. The Kier molecular flexibility index (Phi) is 14.4. The van der Waals surface area contributed by atoms with Crippen LogP contribution in [0.2, 0.25) is 0 Å². The molecule has 3 nitrogen and oxygen atoms in total. The van der Waals surface area contributed by atoms with Crippen LogP contribution in [0.4, 0.5) is 5.69 Å². The van der Waals surface area contributed by atoms with Crippen LogP contribution in [0.5, 0.6) is 0 Å². The molecule has 0 radical (unpaired) electrons. The number of hydrogen-bond donors (Lipinski definition) is 1. The van der Waals surface area contributed by atoms with Crippen molar-refractivity contribution in [3.8, 4) is 0 Å². The smallest absolute Gasteiger partial charge is 0.224 e. The van der Waals surface area contributed by atoms with Crippen LogP contribution in [0.25, 0.3) is 10.2 Å². The second kappa shape index (κ2) is 17.8. The molecule has 39 heavy (non-hydrogen) atoms. The summed E-state index contributed by atoms with van der Waals surface area (Å²) in [6, 6.07) is 14.8. The van der Waals surface area contributed by atoms with E-state index in [0.717, 1.165) is 24.0 Å². The zero-order valence-corrected chi connectivity index (χ0v) is 26.4. The molecule has 3 rings (SSSR count). The minimum absolute atomic E-state index is 0.167. The molecule has 5 heteroatoms. The van der Waals surface area contributed by atoms with E-state index in [-0.39, 0.29) is 5.91 Å². The molecule has 214 valence electrons. The predicted octanol–water partition coefficient (Wildman–Crippen LogP) is 11.3. The van der Waals surface area contributed by atoms with Gasteiger partial charge in [-0.25, -0.2) is 4.98 Å². The topological polar surface area (TPSA) is 42.0 Å². The first-order valence-corrected chi connectivity index (χ1v) is 17.2. The number of benzene rings is 2. The van der Waals surface area contributed by atoms with E-state index in [1.807, 2.05) is 23.1 Å². The lowest BCUT2D eigenvalue weighted by Crippen LogP contribution is -2.15. The van der Waals surface area contributed by atoms with Gasteiger partial charge >= 0.3 is 0 Å². The van der Waals surface area contributed by atoms with Crippen molar-refractivity contribution in [1.82, 2.24) is 4.98 Å². The number of amides is 1. The molecule has 1 N–H and O–H groups in total. The summed E-state index contributed by atoms with van der Waals surface area (Å²) in [4.78, 5) is 17.4. The zero-order valence-electron chi connectivity index (χ0n) is 24.8. The van der Waals surface area contributed by atoms with Crippen molar-refractivity contribution in [2.45, 2.75) is 127 Å². The summed E-state index contributed by atoms with van der Waals surface area (Å²) in [5.74, 6) is 2.16. The van der Waals surface area contributed by atoms with Gasteiger partial charge in [-0.05, 0) is 47.9 Å². The number of thioether (sulfide) groups is 1. The summed E-state index contributed by atoms with van der Waals surface area (Å²) in [6.07, 6.45) is 16.1. The highest BCUT2D eigenvalue weighted by molar-refractivity contribution is 8.01. The number of rotatable bonds is 19. The van der Waals surface area contributed by atoms with Gasteiger partial charge in [0.1, 0.15) is 0 Å². The highest BCUT2D eigenvalue weighted by Crippen LogP contribution is 2.33. The van der Waals surface area contributed by atoms with Crippen LogP contribution < -0.4 is 5.32 Å². The summed E-state index contributed by atoms with van der Waals surface area (Å²) in [5.41, 5.74) is 4.68. The average Bonchev–Trinajstić information content (AvgIpc) is 3.33. The lowest BCUT2D eigenvalue weighted by atomic mass is 9.92. The Morgan fingerprint density at radius 1 is 0.744 bits per heavy atom. The van der Waals surface area contributed by atoms with Gasteiger partial charge in [0.05, 0.1) is 10.2 Å². The average molecular weight is 567 g/mol. The van der Waals surface area contributed by atoms with E-state index in [0.29, 0.717) is 18.3 Å². The predicted molar refractivity (Wildman–Crippen MR) is 174 cm³/mol. The Bertz CT molecular complexity index is 1060. The van der Waals surface area contributed by atoms with Crippen LogP contribution >= 0.6 is 23.1 Å². The van der Waals surface area contributed by atoms with Crippen LogP contribution in [-0.2, 0) is 4.79 Å². The van der Waals surface area contributed by atoms with Gasteiger partial charge in [-0.15, -0.1) is 11.3 Å². The third-order valence-electron chi connectivity index (χ3n) is 7.44. The first-order chi connectivity index (χ1) is 19.0. The van der Waals surface area contributed by atoms with E-state index in [1.54, 1.807) is 0 Å². The summed E-state index contributed by atoms with van der Waals surface area (Å²) >= 11 is 3.74. The maximum atomic E-state index is 12.7. The van der Waals surface area contributed by atoms with Crippen molar-refractivity contribution in [3.63, 3.8) is 0 Å². The van der Waals surface area contributed by atoms with Gasteiger partial charge in [-0.1, -0.05) is 134 Å². The molecule has 2 aromatic carbocycles. The standard InChI is InChI=1S/C34H50N2OS2/c1-26(2)28-20-19-21-29(27(3)4)33(28)36-32(37)24-15-13-11-9-7-5-6-8-10-12-14-18-25-38-34-35-30-22-16-17-23-31(30)39-34/h16-17,19-23,26-27H,5-15,18,24-25H2,1-4H3,(H,36,37). The number of unbranched alkanes of at least 4 members (excludes halogenated alkanes) is 11. The molecule has 0 unspecified atom stereocenters. The molecular weight excluding hydrogens is 517 g/mol. The number of thiazole rings is 1. The first-order valence-electron chi connectivity index (χ1n) is 15.4. The fraction of sp³-hybridized carbons (Fsp3) is 0.588. The number of carbonyl (C=O) groups is 1. The molecule has 0 atom stereocenters. The number of anilines is 1. The number of para-hydroxylation sites is 2. The molecule has 0 aliphatic heterocycles. The minimum atomic E-state index is 0.167. The summed E-state index contributed by atoms with van der Waals surface area (Å²) in [7, 11) is 0. The largest absolute Gasteiger partial charge is 0.326 e. The maximum Gasteiger partial charge on any atom is 0.224 e. The SMILES string of the molecule is CC(C)c1cccc(C(C)C)c1NC(=O)CCCCCCCCCCCCCCSc1nc2ccccc2s1. The fourth-order valence-electron chi connectivity index (χ4n) is 5.12. The Hall–Kier alpha value is -1.85. The molecule has 1 aromatic heterocycles. The highest BCUT2D eigenvalue weighted by atomic mass is 32.2. The Morgan fingerprint density at radius 3 is 1.85 bits per heavy atom. The van der Waals surface area contributed by atoms with E-state index in [1.165, 1.54) is 90.1 Å². The maximum absolute atomic E-state index is 12.7. The molecule has 0 saturated heterocycles. The number of nitrogens with one attached hydrogen (secondary N) is 1. The molecule has 0 saturated carbocycles. The quantitative estimate of drug-likeness (QED) is 0.116.